The van der Waals surface area contributed by atoms with Gasteiger partial charge in [0.25, 0.3) is 0 Å². The smallest absolute Gasteiger partial charge is 0.220 e. The molecule has 0 saturated carbocycles. The topological polar surface area (TPSA) is 228 Å². The molecule has 0 aliphatic carbocycles. The Morgan fingerprint density at radius 1 is 0.420 bits per heavy atom. The molecule has 0 aromatic rings. The lowest BCUT2D eigenvalue weighted by atomic mass is 9.97. The number of carbonyl (C=O) groups is 1. The van der Waals surface area contributed by atoms with Crippen LogP contribution in [0.15, 0.2) is 85.1 Å². The van der Waals surface area contributed by atoms with Crippen LogP contribution < -0.4 is 5.32 Å². The summed E-state index contributed by atoms with van der Waals surface area (Å²) in [5.41, 5.74) is 0. The van der Waals surface area contributed by atoms with E-state index >= 15 is 0 Å². The average molecular weight is 1240 g/mol. The van der Waals surface area contributed by atoms with Gasteiger partial charge in [-0.25, -0.2) is 0 Å². The molecule has 2 fully saturated rings. The van der Waals surface area contributed by atoms with E-state index in [4.69, 9.17) is 18.9 Å². The molecule has 88 heavy (non-hydrogen) atoms. The number of aliphatic hydroxyl groups is 8. The molecule has 9 N–H and O–H groups in total. The predicted octanol–water partition coefficient (Wildman–Crippen LogP) is 14.8. The molecule has 2 saturated heterocycles. The maximum atomic E-state index is 13.3. The molecule has 0 aromatic carbocycles. The zero-order valence-corrected chi connectivity index (χ0v) is 55.4. The number of hydrogen-bond acceptors (Lipinski definition) is 13. The zero-order chi connectivity index (χ0) is 63.8. The minimum atomic E-state index is -1.79. The summed E-state index contributed by atoms with van der Waals surface area (Å²) in [5, 5.41) is 87.5. The van der Waals surface area contributed by atoms with Gasteiger partial charge < -0.3 is 65.1 Å². The summed E-state index contributed by atoms with van der Waals surface area (Å²) in [7, 11) is 0. The highest BCUT2D eigenvalue weighted by Gasteiger charge is 2.51. The van der Waals surface area contributed by atoms with Crippen molar-refractivity contribution >= 4 is 5.91 Å². The summed E-state index contributed by atoms with van der Waals surface area (Å²) < 4.78 is 22.9. The van der Waals surface area contributed by atoms with E-state index < -0.39 is 86.8 Å². The molecule has 0 aromatic heterocycles. The van der Waals surface area contributed by atoms with Gasteiger partial charge in [-0.15, -0.1) is 0 Å². The number of ether oxygens (including phenoxy) is 4. The highest BCUT2D eigenvalue weighted by atomic mass is 16.7. The van der Waals surface area contributed by atoms with Gasteiger partial charge in [-0.2, -0.15) is 0 Å². The molecular formula is C74H131NO13. The van der Waals surface area contributed by atoms with Gasteiger partial charge >= 0.3 is 0 Å². The van der Waals surface area contributed by atoms with Crippen molar-refractivity contribution in [2.24, 2.45) is 0 Å². The Morgan fingerprint density at radius 3 is 1.20 bits per heavy atom. The molecule has 14 heteroatoms. The number of allylic oxidation sites excluding steroid dienone is 13. The number of amides is 1. The summed E-state index contributed by atoms with van der Waals surface area (Å²) in [6.45, 7) is 2.71. The Bertz CT molecular complexity index is 1800. The van der Waals surface area contributed by atoms with Crippen molar-refractivity contribution in [3.8, 4) is 0 Å². The maximum Gasteiger partial charge on any atom is 0.220 e. The summed E-state index contributed by atoms with van der Waals surface area (Å²) in [4.78, 5) is 13.3. The number of aliphatic hydroxyl groups excluding tert-OH is 8. The van der Waals surface area contributed by atoms with E-state index in [1.807, 2.05) is 6.08 Å². The van der Waals surface area contributed by atoms with Gasteiger partial charge in [0.15, 0.2) is 12.6 Å². The van der Waals surface area contributed by atoms with Crippen LogP contribution in [0.3, 0.4) is 0 Å². The van der Waals surface area contributed by atoms with Crippen LogP contribution in [0.5, 0.6) is 0 Å². The van der Waals surface area contributed by atoms with E-state index in [-0.39, 0.29) is 18.9 Å². The van der Waals surface area contributed by atoms with Crippen LogP contribution in [0.2, 0.25) is 0 Å². The zero-order valence-electron chi connectivity index (χ0n) is 55.4. The van der Waals surface area contributed by atoms with Crippen molar-refractivity contribution in [1.29, 1.82) is 0 Å². The van der Waals surface area contributed by atoms with Crippen LogP contribution in [0.1, 0.15) is 284 Å². The monoisotopic (exact) mass is 1240 g/mol. The SMILES string of the molecule is CC/C=C\C/C=C\C/C=C\C/C=C\C/C=C\C/C=C\CCCCCCCCCCCCCCCCC(=O)NC(COC1OC(CO)C(OC2OC(CO)C(O)C(O)C2O)C(O)C1O)C(O)/C=C/CCCCCCCCCCCCCCCCCCCCC. The first-order chi connectivity index (χ1) is 43.1. The second-order valence-corrected chi connectivity index (χ2v) is 25.0. The van der Waals surface area contributed by atoms with Crippen molar-refractivity contribution in [2.75, 3.05) is 19.8 Å². The van der Waals surface area contributed by atoms with Gasteiger partial charge in [0.05, 0.1) is 32.0 Å². The number of nitrogens with one attached hydrogen (secondary N) is 1. The first kappa shape index (κ1) is 81.3. The Labute approximate surface area is 535 Å². The van der Waals surface area contributed by atoms with E-state index in [2.05, 4.69) is 92.1 Å². The fourth-order valence-corrected chi connectivity index (χ4v) is 11.4. The standard InChI is InChI=1S/C74H131NO13/c1-3-5-7-9-11-13-15-17-19-21-23-25-26-27-28-29-30-31-32-33-34-35-36-38-40-42-44-46-48-50-52-54-56-58-66(79)75-62(63(78)57-55-53-51-49-47-45-43-41-39-37-24-22-20-18-16-14-12-10-8-6-4-2)61-85-73-71(84)69(82)72(65(60-77)87-73)88-74-70(83)68(81)67(80)64(59-76)86-74/h5,7,11,13,17,19,23,25,27-28,30-31,55,57,62-65,67-74,76-78,80-84H,3-4,6,8-10,12,14-16,18,20-22,24,26,29,32-54,56,58-61H2,1-2H3,(H,75,79)/b7-5-,13-11-,19-17-,25-23-,28-27-,31-30-,57-55+. The van der Waals surface area contributed by atoms with Crippen molar-refractivity contribution in [3.63, 3.8) is 0 Å². The third-order valence-corrected chi connectivity index (χ3v) is 17.1. The van der Waals surface area contributed by atoms with Gasteiger partial charge in [-0.05, 0) is 70.6 Å². The van der Waals surface area contributed by atoms with E-state index in [0.717, 1.165) is 77.0 Å². The number of hydrogen-bond donors (Lipinski definition) is 9. The number of carbonyl (C=O) groups excluding carboxylic acids is 1. The molecule has 14 nitrogen and oxygen atoms in total. The molecule has 2 aliphatic rings. The molecule has 0 bridgehead atoms. The number of unbranched alkanes of at least 4 members (excludes halogenated alkanes) is 33. The molecule has 510 valence electrons. The minimum absolute atomic E-state index is 0.240. The largest absolute Gasteiger partial charge is 0.394 e. The Kier molecular flexibility index (Phi) is 53.6. The van der Waals surface area contributed by atoms with Crippen molar-refractivity contribution in [2.45, 2.75) is 357 Å². The van der Waals surface area contributed by atoms with Crippen LogP contribution in [0.4, 0.5) is 0 Å². The van der Waals surface area contributed by atoms with Gasteiger partial charge in [0, 0.05) is 6.42 Å². The lowest BCUT2D eigenvalue weighted by Crippen LogP contribution is -2.65. The van der Waals surface area contributed by atoms with E-state index in [1.165, 1.54) is 180 Å². The molecular weight excluding hydrogens is 1110 g/mol. The third kappa shape index (κ3) is 41.6. The fraction of sp³-hybridized carbons (Fsp3) is 0.797. The second kappa shape index (κ2) is 58.0. The molecule has 12 atom stereocenters. The lowest BCUT2D eigenvalue weighted by molar-refractivity contribution is -0.359. The molecule has 2 heterocycles. The Hall–Kier alpha value is -2.83. The van der Waals surface area contributed by atoms with Crippen LogP contribution in [0.25, 0.3) is 0 Å². The highest BCUT2D eigenvalue weighted by molar-refractivity contribution is 5.76. The van der Waals surface area contributed by atoms with Crippen molar-refractivity contribution in [1.82, 2.24) is 5.32 Å². The normalized spacial score (nSPS) is 23.7. The molecule has 0 radical (unpaired) electrons. The van der Waals surface area contributed by atoms with Gasteiger partial charge in [0.2, 0.25) is 5.91 Å². The Balaban J connectivity index is 1.66. The molecule has 12 unspecified atom stereocenters. The Morgan fingerprint density at radius 2 is 0.784 bits per heavy atom. The van der Waals surface area contributed by atoms with Gasteiger partial charge in [0.1, 0.15) is 48.8 Å². The second-order valence-electron chi connectivity index (χ2n) is 25.0. The fourth-order valence-electron chi connectivity index (χ4n) is 11.4. The van der Waals surface area contributed by atoms with Crippen LogP contribution in [0, 0.1) is 0 Å². The minimum Gasteiger partial charge on any atom is -0.394 e. The van der Waals surface area contributed by atoms with Crippen molar-refractivity contribution < 1.29 is 64.6 Å². The summed E-state index contributed by atoms with van der Waals surface area (Å²) in [6, 6.07) is -0.920. The van der Waals surface area contributed by atoms with E-state index in [1.54, 1.807) is 6.08 Å². The summed E-state index contributed by atoms with van der Waals surface area (Å²) >= 11 is 0. The summed E-state index contributed by atoms with van der Waals surface area (Å²) in [5.74, 6) is -0.240. The first-order valence-electron chi connectivity index (χ1n) is 35.8. The van der Waals surface area contributed by atoms with Gasteiger partial charge in [-0.3, -0.25) is 4.79 Å². The van der Waals surface area contributed by atoms with Crippen molar-refractivity contribution in [3.05, 3.63) is 85.1 Å². The number of rotatable bonds is 58. The third-order valence-electron chi connectivity index (χ3n) is 17.1. The van der Waals surface area contributed by atoms with E-state index in [0.29, 0.717) is 6.42 Å². The first-order valence-corrected chi connectivity index (χ1v) is 35.8. The molecule has 1 amide bonds. The van der Waals surface area contributed by atoms with Crippen LogP contribution >= 0.6 is 0 Å². The van der Waals surface area contributed by atoms with Gasteiger partial charge in [-0.1, -0.05) is 292 Å². The predicted molar refractivity (Wildman–Crippen MR) is 360 cm³/mol. The maximum absolute atomic E-state index is 13.3. The molecule has 0 spiro atoms. The van der Waals surface area contributed by atoms with Crippen LogP contribution in [-0.2, 0) is 23.7 Å². The highest BCUT2D eigenvalue weighted by Crippen LogP contribution is 2.30. The molecule has 2 rings (SSSR count). The molecule has 2 aliphatic heterocycles. The van der Waals surface area contributed by atoms with Crippen LogP contribution in [-0.4, -0.2) is 140 Å². The van der Waals surface area contributed by atoms with E-state index in [9.17, 15) is 45.6 Å². The summed E-state index contributed by atoms with van der Waals surface area (Å²) in [6.07, 6.45) is 63.4. The lowest BCUT2D eigenvalue weighted by Gasteiger charge is -2.46. The average Bonchev–Trinajstić information content (AvgIpc) is 2.07. The quantitative estimate of drug-likeness (QED) is 0.0204.